The SMILES string of the molecule is CCCCCCCCCCCCCC(=O)OC(CCCCCCCCCCC)CC(=O)NC1[C@H](OCC2O[C@H](O)C(NC(=O)CC(O)CCCCCCCCCCC)[C@@H](OC(=O)CC(O)CCCCCCCCCCC)[C@@H]2O)OC(CO)[C@@H](OP(=O)(O)O)[C@@H]1OC(=O)CC(CCCCCCCCCCC)OC(=O)CCCCCCCCCCCCC. The molecule has 0 aliphatic carbocycles. The van der Waals surface area contributed by atoms with Crippen LogP contribution in [-0.2, 0) is 71.0 Å². The summed E-state index contributed by atoms with van der Waals surface area (Å²) in [5.41, 5.74) is 0. The summed E-state index contributed by atoms with van der Waals surface area (Å²) in [7, 11) is -5.62. The topological polar surface area (TPSA) is 359 Å². The van der Waals surface area contributed by atoms with Crippen LogP contribution in [0, 0.1) is 0 Å². The Bertz CT molecular complexity index is 2550. The number of phosphoric ester groups is 1. The van der Waals surface area contributed by atoms with Crippen LogP contribution >= 0.6 is 7.82 Å². The molecule has 121 heavy (non-hydrogen) atoms. The molecule has 0 aromatic carbocycles. The first-order chi connectivity index (χ1) is 58.6. The van der Waals surface area contributed by atoms with Gasteiger partial charge >= 0.3 is 31.7 Å². The number of hydrogen-bond acceptors (Lipinski definition) is 20. The van der Waals surface area contributed by atoms with Crippen LogP contribution in [0.1, 0.15) is 478 Å². The molecule has 2 heterocycles. The minimum Gasteiger partial charge on any atom is -0.462 e. The first-order valence-corrected chi connectivity index (χ1v) is 51.5. The number of esters is 4. The third-order valence-electron chi connectivity index (χ3n) is 24.1. The lowest BCUT2D eigenvalue weighted by atomic mass is 9.95. The number of rotatable bonds is 84. The lowest BCUT2D eigenvalue weighted by Gasteiger charge is -2.46. The highest BCUT2D eigenvalue weighted by molar-refractivity contribution is 7.46. The van der Waals surface area contributed by atoms with Gasteiger partial charge in [-0.15, -0.1) is 0 Å². The standard InChI is InChI=1S/C96H181N2O22P/c1-7-13-19-25-31-37-39-45-51-57-63-69-85(104)114-79(67-61-55-49-43-35-29-23-17-11-5)73-84(103)98-90-94(119-88(107)74-80(68-62-56-50-44-36-30-24-18-12-6)115-86(105)70-64-58-52-46-40-38-32-26-20-14-8-2)92(120-121(110,111)112)81(75-99)117-96(90)113-76-82-91(108)93(118-87(106)72-78(101)66-60-54-48-42-34-28-22-16-10-4)89(95(109)116-82)97-83(102)71-77(100)65-59-53-47-41-33-27-21-15-9-3/h77-82,89-96,99-101,108-109H,7-76H2,1-6H3,(H,97,102)(H,98,103)(H2,110,111,112)/t77?,78?,79?,80?,81?,82?,89?,90?,91-,92-,93-,94-,95+,96-/m1/s1. The highest BCUT2D eigenvalue weighted by atomic mass is 31.2. The summed E-state index contributed by atoms with van der Waals surface area (Å²) in [6.45, 7) is 11.3. The van der Waals surface area contributed by atoms with Gasteiger partial charge in [0.15, 0.2) is 24.8 Å². The molecule has 8 unspecified atom stereocenters. The van der Waals surface area contributed by atoms with E-state index in [0.717, 1.165) is 199 Å². The lowest BCUT2D eigenvalue weighted by molar-refractivity contribution is -0.298. The molecule has 14 atom stereocenters. The van der Waals surface area contributed by atoms with Crippen molar-refractivity contribution in [3.63, 3.8) is 0 Å². The normalized spacial score (nSPS) is 20.4. The van der Waals surface area contributed by atoms with E-state index in [1.54, 1.807) is 0 Å². The summed E-state index contributed by atoms with van der Waals surface area (Å²) in [6.07, 6.45) is 40.7. The van der Waals surface area contributed by atoms with Gasteiger partial charge in [0.1, 0.15) is 48.7 Å². The second-order valence-electron chi connectivity index (χ2n) is 35.7. The molecule has 24 nitrogen and oxygen atoms in total. The van der Waals surface area contributed by atoms with E-state index in [9.17, 15) is 63.9 Å². The zero-order chi connectivity index (χ0) is 88.6. The molecule has 9 N–H and O–H groups in total. The van der Waals surface area contributed by atoms with Gasteiger partial charge in [-0.05, 0) is 51.4 Å². The van der Waals surface area contributed by atoms with Gasteiger partial charge in [0, 0.05) is 12.8 Å². The summed E-state index contributed by atoms with van der Waals surface area (Å²) in [5, 5.41) is 63.3. The van der Waals surface area contributed by atoms with Crippen LogP contribution in [0.2, 0.25) is 0 Å². The minimum absolute atomic E-state index is 0.111. The van der Waals surface area contributed by atoms with E-state index in [1.807, 2.05) is 0 Å². The average molecular weight is 1750 g/mol. The van der Waals surface area contributed by atoms with Gasteiger partial charge in [0.05, 0.1) is 51.1 Å². The number of aliphatic hydroxyl groups excluding tert-OH is 5. The van der Waals surface area contributed by atoms with Gasteiger partial charge in [0.25, 0.3) is 0 Å². The van der Waals surface area contributed by atoms with Crippen molar-refractivity contribution in [2.45, 2.75) is 564 Å². The Labute approximate surface area is 733 Å². The Morgan fingerprint density at radius 3 is 1.02 bits per heavy atom. The van der Waals surface area contributed by atoms with Gasteiger partial charge < -0.3 is 79.1 Å². The van der Waals surface area contributed by atoms with Crippen molar-refractivity contribution in [3.8, 4) is 0 Å². The molecule has 2 fully saturated rings. The molecule has 0 saturated carbocycles. The number of hydrogen-bond donors (Lipinski definition) is 9. The predicted octanol–water partition coefficient (Wildman–Crippen LogP) is 21.3. The number of aliphatic hydroxyl groups is 5. The van der Waals surface area contributed by atoms with E-state index in [2.05, 4.69) is 52.2 Å². The molecular weight excluding hydrogens is 1560 g/mol. The summed E-state index contributed by atoms with van der Waals surface area (Å²) >= 11 is 0. The van der Waals surface area contributed by atoms with Gasteiger partial charge in [-0.1, -0.05) is 388 Å². The number of phosphoric acid groups is 1. The highest BCUT2D eigenvalue weighted by Crippen LogP contribution is 2.43. The van der Waals surface area contributed by atoms with Crippen molar-refractivity contribution < 1.29 is 106 Å². The number of ether oxygens (including phenoxy) is 7. The lowest BCUT2D eigenvalue weighted by Crippen LogP contribution is -2.68. The van der Waals surface area contributed by atoms with Gasteiger partial charge in [-0.25, -0.2) is 4.57 Å². The fourth-order valence-corrected chi connectivity index (χ4v) is 17.3. The molecule has 2 aliphatic rings. The van der Waals surface area contributed by atoms with Gasteiger partial charge in [-0.2, -0.15) is 0 Å². The Morgan fingerprint density at radius 2 is 0.653 bits per heavy atom. The fourth-order valence-electron chi connectivity index (χ4n) is 16.7. The number of carbonyl (C=O) groups excluding carboxylic acids is 6. The summed E-state index contributed by atoms with van der Waals surface area (Å²) in [4.78, 5) is 107. The molecule has 0 bridgehead atoms. The first-order valence-electron chi connectivity index (χ1n) is 50.0. The Morgan fingerprint density at radius 1 is 0.347 bits per heavy atom. The summed E-state index contributed by atoms with van der Waals surface area (Å²) in [6, 6.07) is -3.47. The fraction of sp³-hybridized carbons (Fsp3) is 0.938. The molecule has 2 saturated heterocycles. The van der Waals surface area contributed by atoms with Gasteiger partial charge in [0.2, 0.25) is 11.8 Å². The maximum atomic E-state index is 15.1. The molecule has 2 amide bonds. The molecule has 0 spiro atoms. The molecule has 2 aliphatic heterocycles. The Balaban J connectivity index is 2.73. The van der Waals surface area contributed by atoms with Crippen molar-refractivity contribution in [2.75, 3.05) is 13.2 Å². The number of unbranched alkanes of at least 4 members (excludes halogenated alkanes) is 52. The quantitative estimate of drug-likeness (QED) is 0.0118. The monoisotopic (exact) mass is 1750 g/mol. The highest BCUT2D eigenvalue weighted by Gasteiger charge is 2.54. The second kappa shape index (κ2) is 76.6. The second-order valence-corrected chi connectivity index (χ2v) is 36.8. The van der Waals surface area contributed by atoms with Crippen molar-refractivity contribution >= 4 is 43.5 Å². The summed E-state index contributed by atoms with van der Waals surface area (Å²) in [5.74, 6) is -4.55. The molecule has 0 aromatic heterocycles. The van der Waals surface area contributed by atoms with E-state index >= 15 is 4.79 Å². The zero-order valence-corrected chi connectivity index (χ0v) is 78.2. The van der Waals surface area contributed by atoms with Crippen LogP contribution < -0.4 is 10.6 Å². The smallest absolute Gasteiger partial charge is 0.462 e. The van der Waals surface area contributed by atoms with E-state index in [4.69, 9.17) is 37.7 Å². The average Bonchev–Trinajstić information content (AvgIpc) is 0.777. The van der Waals surface area contributed by atoms with Crippen molar-refractivity contribution in [1.29, 1.82) is 0 Å². The van der Waals surface area contributed by atoms with Gasteiger partial charge in [-0.3, -0.25) is 33.3 Å². The third-order valence-corrected chi connectivity index (χ3v) is 24.6. The molecule has 2 rings (SSSR count). The molecular formula is C96H181N2O22P. The van der Waals surface area contributed by atoms with Crippen LogP contribution in [0.25, 0.3) is 0 Å². The van der Waals surface area contributed by atoms with E-state index in [1.165, 1.54) is 135 Å². The number of nitrogens with one attached hydrogen (secondary N) is 2. The van der Waals surface area contributed by atoms with Crippen molar-refractivity contribution in [3.05, 3.63) is 0 Å². The number of amides is 2. The third kappa shape index (κ3) is 60.9. The first kappa shape index (κ1) is 114. The Kier molecular flexibility index (Phi) is 72.0. The minimum atomic E-state index is -5.62. The van der Waals surface area contributed by atoms with Crippen LogP contribution in [0.4, 0.5) is 0 Å². The molecule has 0 aromatic rings. The molecule has 25 heteroatoms. The predicted molar refractivity (Wildman–Crippen MR) is 479 cm³/mol. The summed E-state index contributed by atoms with van der Waals surface area (Å²) < 4.78 is 61.9. The zero-order valence-electron chi connectivity index (χ0n) is 77.3. The van der Waals surface area contributed by atoms with Crippen LogP contribution in [-0.4, -0.2) is 170 Å². The maximum absolute atomic E-state index is 15.1. The Hall–Kier alpha value is -3.39. The van der Waals surface area contributed by atoms with Crippen molar-refractivity contribution in [2.24, 2.45) is 0 Å². The van der Waals surface area contributed by atoms with E-state index < -0.39 is 168 Å². The van der Waals surface area contributed by atoms with Crippen LogP contribution in [0.3, 0.4) is 0 Å². The largest absolute Gasteiger partial charge is 0.470 e. The van der Waals surface area contributed by atoms with Crippen LogP contribution in [0.15, 0.2) is 0 Å². The van der Waals surface area contributed by atoms with Crippen LogP contribution in [0.5, 0.6) is 0 Å². The van der Waals surface area contributed by atoms with Crippen molar-refractivity contribution in [1.82, 2.24) is 10.6 Å². The number of carbonyl (C=O) groups is 6. The molecule has 712 valence electrons. The maximum Gasteiger partial charge on any atom is 0.470 e. The van der Waals surface area contributed by atoms with E-state index in [-0.39, 0.29) is 25.7 Å². The van der Waals surface area contributed by atoms with E-state index in [0.29, 0.717) is 51.4 Å². The molecule has 0 radical (unpaired) electrons.